The van der Waals surface area contributed by atoms with Gasteiger partial charge in [0.2, 0.25) is 0 Å². The molecule has 1 aromatic rings. The Balaban J connectivity index is 2.14. The maximum Gasteiger partial charge on any atom is 0.329 e. The Morgan fingerprint density at radius 1 is 0.814 bits per heavy atom. The van der Waals surface area contributed by atoms with Crippen LogP contribution in [0.2, 0.25) is 0 Å². The predicted octanol–water partition coefficient (Wildman–Crippen LogP) is 3.43. The van der Waals surface area contributed by atoms with Crippen LogP contribution >= 0.6 is 0 Å². The zero-order valence-corrected chi connectivity index (χ0v) is 25.9. The summed E-state index contributed by atoms with van der Waals surface area (Å²) in [4.78, 5) is 10.3. The van der Waals surface area contributed by atoms with E-state index in [1.54, 1.807) is 6.08 Å². The average Bonchev–Trinajstić information content (AvgIpc) is 2.99. The molecule has 10 heteroatoms. The zero-order chi connectivity index (χ0) is 31.5. The number of aliphatic carboxylic acids is 1. The summed E-state index contributed by atoms with van der Waals surface area (Å²) >= 11 is 0. The summed E-state index contributed by atoms with van der Waals surface area (Å²) in [5, 5.41) is 14.0. The molecule has 0 bridgehead atoms. The first-order valence-corrected chi connectivity index (χ1v) is 14.4. The molecular formula is C33H49NO9. The van der Waals surface area contributed by atoms with Gasteiger partial charge in [-0.1, -0.05) is 43.5 Å². The highest BCUT2D eigenvalue weighted by Gasteiger charge is 2.04. The molecule has 0 saturated carbocycles. The molecule has 0 aliphatic rings. The van der Waals surface area contributed by atoms with Crippen LogP contribution in [0.25, 0.3) is 12.2 Å². The van der Waals surface area contributed by atoms with E-state index in [9.17, 15) is 4.79 Å². The van der Waals surface area contributed by atoms with Crippen LogP contribution in [0, 0.1) is 0 Å². The van der Waals surface area contributed by atoms with Crippen LogP contribution in [0.1, 0.15) is 20.8 Å². The van der Waals surface area contributed by atoms with Gasteiger partial charge in [0.1, 0.15) is 19.0 Å². The lowest BCUT2D eigenvalue weighted by atomic mass is 10.2. The second-order valence-corrected chi connectivity index (χ2v) is 9.02. The Labute approximate surface area is 255 Å². The second-order valence-electron chi connectivity index (χ2n) is 9.02. The normalized spacial score (nSPS) is 12.9. The van der Waals surface area contributed by atoms with Gasteiger partial charge in [-0.3, -0.25) is 0 Å². The number of carboxylic acid groups (broad SMARTS) is 1. The van der Waals surface area contributed by atoms with E-state index < -0.39 is 5.97 Å². The van der Waals surface area contributed by atoms with Crippen molar-refractivity contribution in [3.05, 3.63) is 77.1 Å². The van der Waals surface area contributed by atoms with E-state index in [2.05, 4.69) is 36.7 Å². The van der Waals surface area contributed by atoms with Gasteiger partial charge in [-0.2, -0.15) is 0 Å². The third kappa shape index (κ3) is 19.5. The van der Waals surface area contributed by atoms with Gasteiger partial charge >= 0.3 is 5.97 Å². The number of anilines is 1. The average molecular weight is 604 g/mol. The van der Waals surface area contributed by atoms with Crippen LogP contribution in [0.15, 0.2) is 66.6 Å². The fraction of sp³-hybridized carbons (Fsp3) is 0.485. The molecule has 10 nitrogen and oxygen atoms in total. The monoisotopic (exact) mass is 603 g/mol. The SMILES string of the molecule is C=C/C=c1/cc(NC(=C)/C=C(OCCOCCOCCOCCOCCOCCOCC(=O)O)\C(C)=C/C)cc/c1=C/C. The topological polar surface area (TPSA) is 114 Å². The maximum atomic E-state index is 10.3. The van der Waals surface area contributed by atoms with Crippen molar-refractivity contribution in [2.45, 2.75) is 20.8 Å². The quantitative estimate of drug-likeness (QED) is 0.0928. The molecule has 0 unspecified atom stereocenters. The molecular weight excluding hydrogens is 554 g/mol. The lowest BCUT2D eigenvalue weighted by molar-refractivity contribution is -0.142. The highest BCUT2D eigenvalue weighted by atomic mass is 16.6. The van der Waals surface area contributed by atoms with Crippen molar-refractivity contribution in [3.8, 4) is 0 Å². The van der Waals surface area contributed by atoms with Crippen molar-refractivity contribution in [2.24, 2.45) is 0 Å². The molecule has 0 saturated heterocycles. The molecule has 2 N–H and O–H groups in total. The Kier molecular flexibility index (Phi) is 22.2. The van der Waals surface area contributed by atoms with Crippen molar-refractivity contribution in [1.29, 1.82) is 0 Å². The van der Waals surface area contributed by atoms with Gasteiger partial charge < -0.3 is 43.6 Å². The summed E-state index contributed by atoms with van der Waals surface area (Å²) in [6.07, 6.45) is 9.69. The molecule has 0 atom stereocenters. The second kappa shape index (κ2) is 25.3. The van der Waals surface area contributed by atoms with Gasteiger partial charge in [0.25, 0.3) is 0 Å². The number of hydrogen-bond donors (Lipinski definition) is 2. The Morgan fingerprint density at radius 3 is 1.79 bits per heavy atom. The van der Waals surface area contributed by atoms with Crippen molar-refractivity contribution in [1.82, 2.24) is 0 Å². The lowest BCUT2D eigenvalue weighted by Crippen LogP contribution is -2.23. The van der Waals surface area contributed by atoms with Crippen LogP contribution in [-0.2, 0) is 38.0 Å². The van der Waals surface area contributed by atoms with Gasteiger partial charge in [-0.25, -0.2) is 4.79 Å². The number of carboxylic acids is 1. The number of rotatable bonds is 26. The number of carbonyl (C=O) groups is 1. The van der Waals surface area contributed by atoms with Crippen molar-refractivity contribution >= 4 is 23.8 Å². The summed E-state index contributed by atoms with van der Waals surface area (Å²) in [5.41, 5.74) is 2.64. The van der Waals surface area contributed by atoms with E-state index in [-0.39, 0.29) is 13.2 Å². The fourth-order valence-electron chi connectivity index (χ4n) is 3.45. The minimum atomic E-state index is -0.996. The van der Waals surface area contributed by atoms with Crippen molar-refractivity contribution in [3.63, 3.8) is 0 Å². The Bertz CT molecular complexity index is 1130. The summed E-state index contributed by atoms with van der Waals surface area (Å²) in [6, 6.07) is 6.13. The van der Waals surface area contributed by atoms with Crippen molar-refractivity contribution < 1.29 is 43.1 Å². The minimum Gasteiger partial charge on any atom is -0.491 e. The van der Waals surface area contributed by atoms with Crippen molar-refractivity contribution in [2.75, 3.05) is 91.2 Å². The van der Waals surface area contributed by atoms with E-state index in [0.29, 0.717) is 78.4 Å². The van der Waals surface area contributed by atoms with Gasteiger partial charge in [0, 0.05) is 17.5 Å². The largest absolute Gasteiger partial charge is 0.491 e. The molecule has 0 amide bonds. The summed E-state index contributed by atoms with van der Waals surface area (Å²) in [7, 11) is 0. The number of allylic oxidation sites excluding steroid dienone is 4. The summed E-state index contributed by atoms with van der Waals surface area (Å²) < 4.78 is 38.1. The summed E-state index contributed by atoms with van der Waals surface area (Å²) in [6.45, 7) is 18.6. The molecule has 1 rings (SSSR count). The van der Waals surface area contributed by atoms with Crippen LogP contribution < -0.4 is 15.8 Å². The van der Waals surface area contributed by atoms with E-state index >= 15 is 0 Å². The zero-order valence-electron chi connectivity index (χ0n) is 25.9. The van der Waals surface area contributed by atoms with Gasteiger partial charge in [-0.05, 0) is 48.9 Å². The Hall–Kier alpha value is -3.25. The van der Waals surface area contributed by atoms with Crippen LogP contribution in [0.5, 0.6) is 0 Å². The molecule has 0 aliphatic carbocycles. The Morgan fingerprint density at radius 2 is 1.33 bits per heavy atom. The number of hydrogen-bond acceptors (Lipinski definition) is 9. The molecule has 0 fully saturated rings. The number of benzene rings is 1. The maximum absolute atomic E-state index is 10.3. The first-order valence-electron chi connectivity index (χ1n) is 14.4. The van der Waals surface area contributed by atoms with Gasteiger partial charge in [0.15, 0.2) is 0 Å². The third-order valence-corrected chi connectivity index (χ3v) is 5.70. The predicted molar refractivity (Wildman–Crippen MR) is 169 cm³/mol. The smallest absolute Gasteiger partial charge is 0.329 e. The molecule has 0 heterocycles. The molecule has 0 spiro atoms. The van der Waals surface area contributed by atoms with Crippen LogP contribution in [0.4, 0.5) is 5.69 Å². The molecule has 1 aromatic carbocycles. The molecule has 0 aromatic heterocycles. The van der Waals surface area contributed by atoms with Crippen LogP contribution in [0.3, 0.4) is 0 Å². The molecule has 43 heavy (non-hydrogen) atoms. The van der Waals surface area contributed by atoms with Gasteiger partial charge in [0.05, 0.1) is 72.7 Å². The minimum absolute atomic E-state index is 0.239. The highest BCUT2D eigenvalue weighted by Crippen LogP contribution is 2.15. The lowest BCUT2D eigenvalue weighted by Gasteiger charge is -2.13. The summed E-state index contributed by atoms with van der Waals surface area (Å²) in [5.74, 6) is -0.267. The highest BCUT2D eigenvalue weighted by molar-refractivity contribution is 5.67. The number of ether oxygens (including phenoxy) is 7. The fourth-order valence-corrected chi connectivity index (χ4v) is 3.45. The standard InChI is InChI=1S/C33H49NO9/c1-6-9-30-25-31(11-10-29(30)8-3)34-28(5)24-32(27(4)7-2)43-23-22-41-19-18-39-15-14-37-12-13-38-16-17-40-20-21-42-26-33(35)36/h6-11,24-25,34H,1,5,12-23,26H2,2-4H3,(H,35,36)/b27-7-,29-8-,30-9-,32-24+. The first-order chi connectivity index (χ1) is 20.9. The van der Waals surface area contributed by atoms with E-state index in [1.807, 2.05) is 45.1 Å². The molecule has 0 radical (unpaired) electrons. The third-order valence-electron chi connectivity index (χ3n) is 5.70. The first kappa shape index (κ1) is 37.8. The van der Waals surface area contributed by atoms with Gasteiger partial charge in [-0.15, -0.1) is 0 Å². The molecule has 240 valence electrons. The van der Waals surface area contributed by atoms with E-state index in [1.165, 1.54) is 0 Å². The van der Waals surface area contributed by atoms with Crippen LogP contribution in [-0.4, -0.2) is 97.0 Å². The number of nitrogens with one attached hydrogen (secondary N) is 1. The van der Waals surface area contributed by atoms with E-state index in [4.69, 9.17) is 38.3 Å². The van der Waals surface area contributed by atoms with E-state index in [0.717, 1.165) is 27.5 Å². The molecule has 0 aliphatic heterocycles.